The van der Waals surface area contributed by atoms with E-state index in [0.717, 1.165) is 27.3 Å². The first-order valence-electron chi connectivity index (χ1n) is 9.82. The van der Waals surface area contributed by atoms with E-state index in [-0.39, 0.29) is 11.8 Å². The van der Waals surface area contributed by atoms with Crippen LogP contribution in [-0.2, 0) is 12.7 Å². The molecule has 0 radical (unpaired) electrons. The van der Waals surface area contributed by atoms with Crippen molar-refractivity contribution in [2.75, 3.05) is 5.32 Å². The number of hydrogen-bond donors (Lipinski definition) is 2. The molecule has 32 heavy (non-hydrogen) atoms. The fourth-order valence-electron chi connectivity index (χ4n) is 2.97. The lowest BCUT2D eigenvalue weighted by Gasteiger charge is -2.12. The van der Waals surface area contributed by atoms with Crippen LogP contribution < -0.4 is 10.1 Å². The number of alkyl halides is 3. The molecule has 0 saturated heterocycles. The van der Waals surface area contributed by atoms with Gasteiger partial charge in [0, 0.05) is 28.5 Å². The first-order valence-corrected chi connectivity index (χ1v) is 10.6. The Bertz CT molecular complexity index is 1170. The average molecular weight is 459 g/mol. The minimum atomic E-state index is -4.56. The van der Waals surface area contributed by atoms with E-state index >= 15 is 0 Å². The number of nitrogens with one attached hydrogen (secondary N) is 2. The highest BCUT2D eigenvalue weighted by molar-refractivity contribution is 7.15. The Morgan fingerprint density at radius 2 is 1.91 bits per heavy atom. The van der Waals surface area contributed by atoms with Gasteiger partial charge < -0.3 is 10.1 Å². The van der Waals surface area contributed by atoms with Crippen LogP contribution in [0.15, 0.2) is 54.9 Å². The van der Waals surface area contributed by atoms with Crippen molar-refractivity contribution >= 4 is 17.0 Å². The number of halogens is 3. The van der Waals surface area contributed by atoms with E-state index in [1.807, 2.05) is 38.1 Å². The predicted molar refractivity (Wildman–Crippen MR) is 117 cm³/mol. The number of H-pyrrole nitrogens is 1. The SMILES string of the molecule is CC(C)Oc1ccc(-c2ncc(CNc3cc(-c4ccn[nH]4)nc(C(F)(F)F)c3)s2)cc1. The molecular weight excluding hydrogens is 439 g/mol. The van der Waals surface area contributed by atoms with Crippen molar-refractivity contribution in [1.82, 2.24) is 20.2 Å². The number of thiazole rings is 1. The second kappa shape index (κ2) is 8.99. The number of pyridine rings is 1. The van der Waals surface area contributed by atoms with E-state index in [0.29, 0.717) is 17.9 Å². The summed E-state index contributed by atoms with van der Waals surface area (Å²) in [7, 11) is 0. The second-order valence-electron chi connectivity index (χ2n) is 7.27. The lowest BCUT2D eigenvalue weighted by atomic mass is 10.2. The van der Waals surface area contributed by atoms with E-state index in [4.69, 9.17) is 4.74 Å². The van der Waals surface area contributed by atoms with Gasteiger partial charge in [-0.1, -0.05) is 0 Å². The summed E-state index contributed by atoms with van der Waals surface area (Å²) in [4.78, 5) is 9.04. The molecule has 6 nitrogen and oxygen atoms in total. The summed E-state index contributed by atoms with van der Waals surface area (Å²) in [5.74, 6) is 0.786. The maximum atomic E-state index is 13.3. The first-order chi connectivity index (χ1) is 15.3. The normalized spacial score (nSPS) is 11.7. The molecule has 0 bridgehead atoms. The molecular formula is C22H20F3N5OS. The second-order valence-corrected chi connectivity index (χ2v) is 8.39. The zero-order valence-electron chi connectivity index (χ0n) is 17.3. The minimum Gasteiger partial charge on any atom is -0.491 e. The highest BCUT2D eigenvalue weighted by Crippen LogP contribution is 2.32. The molecule has 0 saturated carbocycles. The molecule has 10 heteroatoms. The van der Waals surface area contributed by atoms with Crippen molar-refractivity contribution in [2.24, 2.45) is 0 Å². The highest BCUT2D eigenvalue weighted by atomic mass is 32.1. The van der Waals surface area contributed by atoms with Gasteiger partial charge in [0.15, 0.2) is 0 Å². The molecule has 4 rings (SSSR count). The molecule has 3 heterocycles. The first kappa shape index (κ1) is 21.8. The van der Waals surface area contributed by atoms with Crippen LogP contribution in [0.25, 0.3) is 22.0 Å². The standard InChI is InChI=1S/C22H20F3N5OS/c1-13(2)31-16-5-3-14(4-6-16)21-27-12-17(32-21)11-26-15-9-19(18-7-8-28-30-18)29-20(10-15)22(23,24)25/h3-10,12-13H,11H2,1-2H3,(H,26,29)(H,28,30). The third-order valence-corrected chi connectivity index (χ3v) is 5.43. The Hall–Kier alpha value is -3.40. The molecule has 166 valence electrons. The fourth-order valence-corrected chi connectivity index (χ4v) is 3.83. The summed E-state index contributed by atoms with van der Waals surface area (Å²) in [5, 5.41) is 10.3. The van der Waals surface area contributed by atoms with Gasteiger partial charge in [-0.25, -0.2) is 9.97 Å². The quantitative estimate of drug-likeness (QED) is 0.354. The Morgan fingerprint density at radius 3 is 2.56 bits per heavy atom. The van der Waals surface area contributed by atoms with E-state index in [1.54, 1.807) is 18.3 Å². The summed E-state index contributed by atoms with van der Waals surface area (Å²) in [6.45, 7) is 4.26. The largest absolute Gasteiger partial charge is 0.491 e. The van der Waals surface area contributed by atoms with Gasteiger partial charge in [-0.2, -0.15) is 18.3 Å². The molecule has 0 aliphatic heterocycles. The van der Waals surface area contributed by atoms with Gasteiger partial charge in [0.1, 0.15) is 16.5 Å². The summed E-state index contributed by atoms with van der Waals surface area (Å²) in [5.41, 5.74) is 0.850. The third-order valence-electron chi connectivity index (χ3n) is 4.39. The van der Waals surface area contributed by atoms with Crippen LogP contribution in [0.3, 0.4) is 0 Å². The van der Waals surface area contributed by atoms with E-state index in [2.05, 4.69) is 25.5 Å². The Balaban J connectivity index is 1.49. The van der Waals surface area contributed by atoms with Crippen LogP contribution in [0.5, 0.6) is 5.75 Å². The van der Waals surface area contributed by atoms with Gasteiger partial charge in [-0.3, -0.25) is 5.10 Å². The molecule has 1 aromatic carbocycles. The summed E-state index contributed by atoms with van der Waals surface area (Å²) in [6, 6.07) is 11.8. The van der Waals surface area contributed by atoms with Crippen molar-refractivity contribution in [3.8, 4) is 27.7 Å². The number of ether oxygens (including phenoxy) is 1. The number of hydrogen-bond acceptors (Lipinski definition) is 6. The van der Waals surface area contributed by atoms with Crippen LogP contribution in [-0.4, -0.2) is 26.3 Å². The average Bonchev–Trinajstić information content (AvgIpc) is 3.44. The molecule has 0 fully saturated rings. The van der Waals surface area contributed by atoms with Crippen LogP contribution in [0, 0.1) is 0 Å². The van der Waals surface area contributed by atoms with Crippen LogP contribution in [0.4, 0.5) is 18.9 Å². The number of aromatic amines is 1. The lowest BCUT2D eigenvalue weighted by Crippen LogP contribution is -2.10. The number of nitrogens with zero attached hydrogens (tertiary/aromatic N) is 3. The smallest absolute Gasteiger partial charge is 0.433 e. The molecule has 0 amide bonds. The Labute approximate surface area is 186 Å². The third kappa shape index (κ3) is 5.25. The Morgan fingerprint density at radius 1 is 1.12 bits per heavy atom. The summed E-state index contributed by atoms with van der Waals surface area (Å²) < 4.78 is 45.6. The highest BCUT2D eigenvalue weighted by Gasteiger charge is 2.33. The molecule has 4 aromatic rings. The number of aromatic nitrogens is 4. The lowest BCUT2D eigenvalue weighted by molar-refractivity contribution is -0.141. The molecule has 0 aliphatic carbocycles. The summed E-state index contributed by atoms with van der Waals surface area (Å²) >= 11 is 1.47. The molecule has 2 N–H and O–H groups in total. The zero-order valence-corrected chi connectivity index (χ0v) is 18.1. The van der Waals surface area contributed by atoms with Gasteiger partial charge in [0.2, 0.25) is 0 Å². The zero-order chi connectivity index (χ0) is 22.7. The van der Waals surface area contributed by atoms with Gasteiger partial charge in [-0.15, -0.1) is 11.3 Å². The number of anilines is 1. The predicted octanol–water partition coefficient (Wildman–Crippen LogP) is 6.01. The Kier molecular flexibility index (Phi) is 6.13. The molecule has 0 atom stereocenters. The van der Waals surface area contributed by atoms with Crippen LogP contribution in [0.1, 0.15) is 24.4 Å². The van der Waals surface area contributed by atoms with Gasteiger partial charge in [0.25, 0.3) is 0 Å². The van der Waals surface area contributed by atoms with Gasteiger partial charge in [0.05, 0.1) is 24.0 Å². The van der Waals surface area contributed by atoms with E-state index in [9.17, 15) is 13.2 Å². The van der Waals surface area contributed by atoms with Crippen molar-refractivity contribution < 1.29 is 17.9 Å². The maximum Gasteiger partial charge on any atom is 0.433 e. The minimum absolute atomic E-state index is 0.0956. The van der Waals surface area contributed by atoms with Gasteiger partial charge >= 0.3 is 6.18 Å². The monoisotopic (exact) mass is 459 g/mol. The van der Waals surface area contributed by atoms with Crippen LogP contribution in [0.2, 0.25) is 0 Å². The molecule has 0 spiro atoms. The van der Waals surface area contributed by atoms with Crippen molar-refractivity contribution in [2.45, 2.75) is 32.7 Å². The van der Waals surface area contributed by atoms with Crippen molar-refractivity contribution in [3.05, 3.63) is 65.4 Å². The van der Waals surface area contributed by atoms with Crippen molar-refractivity contribution in [3.63, 3.8) is 0 Å². The molecule has 0 aliphatic rings. The molecule has 3 aromatic heterocycles. The van der Waals surface area contributed by atoms with Crippen molar-refractivity contribution in [1.29, 1.82) is 0 Å². The number of rotatable bonds is 7. The molecule has 0 unspecified atom stereocenters. The summed E-state index contributed by atoms with van der Waals surface area (Å²) in [6.07, 6.45) is -1.29. The number of benzene rings is 1. The maximum absolute atomic E-state index is 13.3. The topological polar surface area (TPSA) is 75.7 Å². The van der Waals surface area contributed by atoms with E-state index < -0.39 is 11.9 Å². The van der Waals surface area contributed by atoms with Crippen LogP contribution >= 0.6 is 11.3 Å². The fraction of sp³-hybridized carbons (Fsp3) is 0.227. The van der Waals surface area contributed by atoms with E-state index in [1.165, 1.54) is 17.5 Å². The van der Waals surface area contributed by atoms with Gasteiger partial charge in [-0.05, 0) is 56.3 Å².